The van der Waals surface area contributed by atoms with Gasteiger partial charge in [0.05, 0.1) is 0 Å². The Morgan fingerprint density at radius 2 is 1.23 bits per heavy atom. The molecule has 2 aliphatic carbocycles. The van der Waals surface area contributed by atoms with E-state index in [4.69, 9.17) is 0 Å². The molecule has 3 heteroatoms. The molecule has 0 spiro atoms. The van der Waals surface area contributed by atoms with Crippen molar-refractivity contribution in [2.45, 2.75) is 12.8 Å². The fourth-order valence-electron chi connectivity index (χ4n) is 0.680. The predicted octanol–water partition coefficient (Wildman–Crippen LogP) is 0.0347. The van der Waals surface area contributed by atoms with Crippen molar-refractivity contribution in [2.75, 3.05) is 0 Å². The zero-order valence-electron chi connectivity index (χ0n) is 7.16. The van der Waals surface area contributed by atoms with Crippen LogP contribution < -0.4 is 17.0 Å². The maximum Gasteiger partial charge on any atom is 3.00 e. The van der Waals surface area contributed by atoms with E-state index in [1.807, 2.05) is 24.3 Å². The largest absolute Gasteiger partial charge is 3.00 e. The molecular weight excluding hydrogens is 327 g/mol. The summed E-state index contributed by atoms with van der Waals surface area (Å²) in [4.78, 5) is 0. The van der Waals surface area contributed by atoms with Crippen LogP contribution in [0.15, 0.2) is 36.5 Å². The number of hydrogen-bond acceptors (Lipinski definition) is 0. The molecule has 1 radical (unpaired) electrons. The Balaban J connectivity index is -0.000000125. The van der Waals surface area contributed by atoms with E-state index in [0.717, 1.165) is 12.8 Å². The third-order valence-corrected chi connectivity index (χ3v) is 1.17. The minimum Gasteiger partial charge on any atom is -1.00 e. The van der Waals surface area contributed by atoms with E-state index in [-0.39, 0.29) is 55.6 Å². The van der Waals surface area contributed by atoms with Crippen LogP contribution in [0.5, 0.6) is 0 Å². The molecule has 0 bridgehead atoms. The summed E-state index contributed by atoms with van der Waals surface area (Å²) in [6.07, 6.45) is 20.0. The first kappa shape index (κ1) is 19.2. The molecule has 2 rings (SSSR count). The van der Waals surface area contributed by atoms with Gasteiger partial charge in [-0.25, -0.2) is 24.3 Å². The summed E-state index contributed by atoms with van der Waals surface area (Å²) in [5.41, 5.74) is 0. The van der Waals surface area contributed by atoms with Crippen LogP contribution in [0.2, 0.25) is 0 Å². The van der Waals surface area contributed by atoms with E-state index in [9.17, 15) is 0 Å². The van der Waals surface area contributed by atoms with Gasteiger partial charge < -0.3 is 17.0 Å². The summed E-state index contributed by atoms with van der Waals surface area (Å²) in [6, 6.07) is 0. The van der Waals surface area contributed by atoms with Gasteiger partial charge in [0.1, 0.15) is 0 Å². The SMILES string of the molecule is Cl.[Br-].[C-]1=CC=CC1.[C-]1=CC=CC1.[Zr+3]. The van der Waals surface area contributed by atoms with Gasteiger partial charge in [-0.05, 0) is 0 Å². The first-order chi connectivity index (χ1) is 5.00. The molecule has 0 fully saturated rings. The van der Waals surface area contributed by atoms with Gasteiger partial charge in [0, 0.05) is 0 Å². The Morgan fingerprint density at radius 3 is 1.31 bits per heavy atom. The van der Waals surface area contributed by atoms with Crippen LogP contribution in [0, 0.1) is 12.2 Å². The average Bonchev–Trinajstić information content (AvgIpc) is 2.67. The fraction of sp³-hybridized carbons (Fsp3) is 0.200. The Bertz CT molecular complexity index is 153. The van der Waals surface area contributed by atoms with Gasteiger partial charge in [-0.15, -0.1) is 25.2 Å². The summed E-state index contributed by atoms with van der Waals surface area (Å²) in [5.74, 6) is 0. The standard InChI is InChI=1S/2C5H5.BrH.ClH.Zr/c2*1-2-4-5-3-1;;;/h2*1-3H,4H2;2*1H;/q2*-1;;;+3/p-1. The molecule has 0 amide bonds. The minimum absolute atomic E-state index is 0. The van der Waals surface area contributed by atoms with E-state index in [1.54, 1.807) is 0 Å². The van der Waals surface area contributed by atoms with Gasteiger partial charge in [0.2, 0.25) is 0 Å². The van der Waals surface area contributed by atoms with Crippen molar-refractivity contribution >= 4 is 12.4 Å². The van der Waals surface area contributed by atoms with Gasteiger partial charge in [-0.2, -0.15) is 12.2 Å². The number of rotatable bonds is 0. The maximum atomic E-state index is 2.99. The fourth-order valence-corrected chi connectivity index (χ4v) is 0.680. The third-order valence-electron chi connectivity index (χ3n) is 1.17. The molecule has 0 saturated carbocycles. The molecule has 0 saturated heterocycles. The van der Waals surface area contributed by atoms with Crippen molar-refractivity contribution < 1.29 is 43.2 Å². The third kappa shape index (κ3) is 12.6. The summed E-state index contributed by atoms with van der Waals surface area (Å²) < 4.78 is 0. The summed E-state index contributed by atoms with van der Waals surface area (Å²) in [6.45, 7) is 0. The monoisotopic (exact) mass is 335 g/mol. The van der Waals surface area contributed by atoms with Gasteiger partial charge in [-0.1, -0.05) is 0 Å². The summed E-state index contributed by atoms with van der Waals surface area (Å²) >= 11 is 0. The molecule has 0 aromatic rings. The van der Waals surface area contributed by atoms with Crippen LogP contribution in [0.4, 0.5) is 0 Å². The zero-order valence-corrected chi connectivity index (χ0v) is 12.0. The molecule has 13 heavy (non-hydrogen) atoms. The number of allylic oxidation sites excluding steroid dienone is 8. The van der Waals surface area contributed by atoms with Crippen LogP contribution in [-0.4, -0.2) is 0 Å². The Hall–Kier alpha value is 0.613. The van der Waals surface area contributed by atoms with Crippen molar-refractivity contribution in [1.29, 1.82) is 0 Å². The first-order valence-corrected chi connectivity index (χ1v) is 3.43. The Labute approximate surface area is 116 Å². The molecular formula is C10H11BrClZr. The number of halogens is 2. The topological polar surface area (TPSA) is 0 Å². The second-order valence-electron chi connectivity index (χ2n) is 2.01. The van der Waals surface area contributed by atoms with Crippen molar-refractivity contribution in [3.8, 4) is 0 Å². The van der Waals surface area contributed by atoms with Crippen LogP contribution in [0.1, 0.15) is 12.8 Å². The van der Waals surface area contributed by atoms with E-state index < -0.39 is 0 Å². The Morgan fingerprint density at radius 1 is 0.846 bits per heavy atom. The molecule has 0 unspecified atom stereocenters. The summed E-state index contributed by atoms with van der Waals surface area (Å²) in [7, 11) is 0. The van der Waals surface area contributed by atoms with Gasteiger partial charge >= 0.3 is 26.2 Å². The van der Waals surface area contributed by atoms with Gasteiger partial charge in [0.25, 0.3) is 0 Å². The average molecular weight is 338 g/mol. The number of hydrogen-bond donors (Lipinski definition) is 0. The molecule has 0 aromatic carbocycles. The predicted molar refractivity (Wildman–Crippen MR) is 50.4 cm³/mol. The van der Waals surface area contributed by atoms with Crippen molar-refractivity contribution in [2.24, 2.45) is 0 Å². The molecule has 0 N–H and O–H groups in total. The molecule has 0 aromatic heterocycles. The first-order valence-electron chi connectivity index (χ1n) is 3.43. The van der Waals surface area contributed by atoms with Gasteiger partial charge in [0.15, 0.2) is 0 Å². The molecule has 69 valence electrons. The summed E-state index contributed by atoms with van der Waals surface area (Å²) in [5, 5.41) is 0. The van der Waals surface area contributed by atoms with E-state index in [0.29, 0.717) is 0 Å². The molecule has 0 aliphatic heterocycles. The van der Waals surface area contributed by atoms with Crippen molar-refractivity contribution in [3.05, 3.63) is 48.6 Å². The minimum atomic E-state index is 0. The van der Waals surface area contributed by atoms with Crippen LogP contribution in [-0.2, 0) is 26.2 Å². The van der Waals surface area contributed by atoms with Crippen LogP contribution in [0.3, 0.4) is 0 Å². The zero-order chi connectivity index (χ0) is 7.07. The normalized spacial score (nSPS) is 13.5. The quantitative estimate of drug-likeness (QED) is 0.547. The second kappa shape index (κ2) is 15.1. The van der Waals surface area contributed by atoms with Crippen molar-refractivity contribution in [3.63, 3.8) is 0 Å². The van der Waals surface area contributed by atoms with Crippen LogP contribution >= 0.6 is 12.4 Å². The van der Waals surface area contributed by atoms with Gasteiger partial charge in [-0.3, -0.25) is 12.2 Å². The van der Waals surface area contributed by atoms with Crippen LogP contribution in [0.25, 0.3) is 0 Å². The van der Waals surface area contributed by atoms with E-state index in [1.165, 1.54) is 0 Å². The van der Waals surface area contributed by atoms with Crippen molar-refractivity contribution in [1.82, 2.24) is 0 Å². The van der Waals surface area contributed by atoms with E-state index >= 15 is 0 Å². The molecule has 0 nitrogen and oxygen atoms in total. The molecule has 2 aliphatic rings. The molecule has 0 atom stereocenters. The Kier molecular flexibility index (Phi) is 22.3. The van der Waals surface area contributed by atoms with E-state index in [2.05, 4.69) is 24.3 Å². The second-order valence-corrected chi connectivity index (χ2v) is 2.01. The maximum absolute atomic E-state index is 2.99. The molecule has 0 heterocycles. The smallest absolute Gasteiger partial charge is 1.00 e.